The van der Waals surface area contributed by atoms with Crippen molar-refractivity contribution in [3.8, 4) is 0 Å². The van der Waals surface area contributed by atoms with Gasteiger partial charge in [-0.1, -0.05) is 36.4 Å². The minimum Gasteiger partial charge on any atom is -0.391 e. The number of nitrogens with zero attached hydrogens (tertiary/aromatic N) is 2. The van der Waals surface area contributed by atoms with E-state index in [1.807, 2.05) is 42.5 Å². The number of carbonyl (C=O) groups is 2. The largest absolute Gasteiger partial charge is 0.391 e. The van der Waals surface area contributed by atoms with Crippen molar-refractivity contribution in [1.29, 1.82) is 0 Å². The van der Waals surface area contributed by atoms with Crippen molar-refractivity contribution in [2.75, 3.05) is 6.54 Å². The maximum atomic E-state index is 13.0. The smallest absolute Gasteiger partial charge is 0.248 e. The molecule has 2 amide bonds. The Hall–Kier alpha value is -2.44. The van der Waals surface area contributed by atoms with Crippen LogP contribution in [0.5, 0.6) is 0 Å². The van der Waals surface area contributed by atoms with Crippen molar-refractivity contribution in [3.05, 3.63) is 48.0 Å². The highest BCUT2D eigenvalue weighted by Gasteiger charge is 2.51. The molecule has 6 nitrogen and oxygen atoms in total. The van der Waals surface area contributed by atoms with E-state index in [2.05, 4.69) is 0 Å². The van der Waals surface area contributed by atoms with E-state index in [1.54, 1.807) is 0 Å². The lowest BCUT2D eigenvalue weighted by Gasteiger charge is -2.43. The highest BCUT2D eigenvalue weighted by atomic mass is 16.3. The molecule has 3 unspecified atom stereocenters. The number of benzene rings is 2. The number of hydrogen-bond donors (Lipinski definition) is 2. The summed E-state index contributed by atoms with van der Waals surface area (Å²) in [6.07, 6.45) is -1.42. The molecule has 26 heavy (non-hydrogen) atoms. The summed E-state index contributed by atoms with van der Waals surface area (Å²) in [5, 5.41) is 22.2. The number of amides is 2. The summed E-state index contributed by atoms with van der Waals surface area (Å²) in [5.41, 5.74) is 0.905. The second-order valence-electron chi connectivity index (χ2n) is 7.23. The summed E-state index contributed by atoms with van der Waals surface area (Å²) in [5.74, 6) is -0.498. The molecule has 0 spiro atoms. The maximum absolute atomic E-state index is 13.0. The third kappa shape index (κ3) is 2.75. The summed E-state index contributed by atoms with van der Waals surface area (Å²) in [6.45, 7) is 1.93. The van der Waals surface area contributed by atoms with E-state index in [9.17, 15) is 19.8 Å². The van der Waals surface area contributed by atoms with Crippen LogP contribution >= 0.6 is 0 Å². The average molecular weight is 354 g/mol. The molecule has 2 heterocycles. The van der Waals surface area contributed by atoms with Gasteiger partial charge in [0, 0.05) is 19.5 Å². The summed E-state index contributed by atoms with van der Waals surface area (Å²) in [7, 11) is 0. The van der Waals surface area contributed by atoms with Crippen LogP contribution in [0.3, 0.4) is 0 Å². The Morgan fingerprint density at radius 2 is 1.85 bits per heavy atom. The standard InChI is InChI=1S/C20H22N2O4/c1-12(23)18-20(26)21-11-16(24)9-17(21)19(25)22(18)10-13-6-7-14-4-2-3-5-15(14)8-13/h2-8,12,16-18,23-24H,9-11H2,1H3/t12?,16-,17?,18?/m1/s1. The van der Waals surface area contributed by atoms with Crippen LogP contribution < -0.4 is 0 Å². The predicted molar refractivity (Wildman–Crippen MR) is 96.1 cm³/mol. The Kier molecular flexibility index (Phi) is 4.17. The number of fused-ring (bicyclic) bond motifs is 2. The maximum Gasteiger partial charge on any atom is 0.248 e. The van der Waals surface area contributed by atoms with Gasteiger partial charge in [0.1, 0.15) is 12.1 Å². The molecule has 0 radical (unpaired) electrons. The van der Waals surface area contributed by atoms with Crippen molar-refractivity contribution < 1.29 is 19.8 Å². The lowest BCUT2D eigenvalue weighted by molar-refractivity contribution is -0.164. The van der Waals surface area contributed by atoms with Crippen LogP contribution in [0.15, 0.2) is 42.5 Å². The van der Waals surface area contributed by atoms with Gasteiger partial charge < -0.3 is 20.0 Å². The van der Waals surface area contributed by atoms with E-state index in [-0.39, 0.29) is 31.3 Å². The minimum absolute atomic E-state index is 0.155. The highest BCUT2D eigenvalue weighted by Crippen LogP contribution is 2.30. The van der Waals surface area contributed by atoms with Gasteiger partial charge in [0.15, 0.2) is 0 Å². The van der Waals surface area contributed by atoms with Crippen LogP contribution in [0, 0.1) is 0 Å². The molecule has 4 rings (SSSR count). The average Bonchev–Trinajstić information content (AvgIpc) is 3.01. The fourth-order valence-electron chi connectivity index (χ4n) is 4.10. The summed E-state index contributed by atoms with van der Waals surface area (Å²) in [4.78, 5) is 28.7. The lowest BCUT2D eigenvalue weighted by atomic mass is 9.99. The molecule has 2 aliphatic heterocycles. The molecule has 6 heteroatoms. The predicted octanol–water partition coefficient (Wildman–Crippen LogP) is 0.893. The van der Waals surface area contributed by atoms with Gasteiger partial charge in [-0.2, -0.15) is 0 Å². The van der Waals surface area contributed by atoms with Crippen molar-refractivity contribution in [3.63, 3.8) is 0 Å². The van der Waals surface area contributed by atoms with Gasteiger partial charge in [0.2, 0.25) is 11.8 Å². The van der Waals surface area contributed by atoms with Gasteiger partial charge in [-0.3, -0.25) is 9.59 Å². The monoisotopic (exact) mass is 354 g/mol. The van der Waals surface area contributed by atoms with Gasteiger partial charge in [-0.15, -0.1) is 0 Å². The lowest BCUT2D eigenvalue weighted by Crippen LogP contribution is -2.65. The van der Waals surface area contributed by atoms with Crippen molar-refractivity contribution >= 4 is 22.6 Å². The fourth-order valence-corrected chi connectivity index (χ4v) is 4.10. The topological polar surface area (TPSA) is 81.1 Å². The van der Waals surface area contributed by atoms with Crippen molar-refractivity contribution in [2.45, 2.75) is 44.2 Å². The second-order valence-corrected chi connectivity index (χ2v) is 7.23. The molecular weight excluding hydrogens is 332 g/mol. The minimum atomic E-state index is -0.981. The van der Waals surface area contributed by atoms with E-state index < -0.39 is 24.3 Å². The van der Waals surface area contributed by atoms with Crippen molar-refractivity contribution in [1.82, 2.24) is 9.80 Å². The molecule has 2 saturated heterocycles. The summed E-state index contributed by atoms with van der Waals surface area (Å²) in [6, 6.07) is 12.3. The quantitative estimate of drug-likeness (QED) is 0.858. The van der Waals surface area contributed by atoms with Crippen molar-refractivity contribution in [2.24, 2.45) is 0 Å². The molecule has 2 N–H and O–H groups in total. The van der Waals surface area contributed by atoms with Crippen LogP contribution in [0.1, 0.15) is 18.9 Å². The van der Waals surface area contributed by atoms with E-state index in [1.165, 1.54) is 16.7 Å². The number of piperazine rings is 1. The number of hydrogen-bond acceptors (Lipinski definition) is 4. The van der Waals surface area contributed by atoms with Crippen LogP contribution in [0.4, 0.5) is 0 Å². The van der Waals surface area contributed by atoms with Gasteiger partial charge in [0.25, 0.3) is 0 Å². The molecule has 4 atom stereocenters. The summed E-state index contributed by atoms with van der Waals surface area (Å²) < 4.78 is 0. The van der Waals surface area contributed by atoms with E-state index in [0.717, 1.165) is 16.3 Å². The normalized spacial score (nSPS) is 27.1. The molecular formula is C20H22N2O4. The van der Waals surface area contributed by atoms with Crippen LogP contribution in [-0.4, -0.2) is 62.7 Å². The van der Waals surface area contributed by atoms with Gasteiger partial charge >= 0.3 is 0 Å². The first kappa shape index (κ1) is 17.0. The Morgan fingerprint density at radius 1 is 1.12 bits per heavy atom. The van der Waals surface area contributed by atoms with Gasteiger partial charge in [-0.05, 0) is 29.3 Å². The van der Waals surface area contributed by atoms with Gasteiger partial charge in [0.05, 0.1) is 12.2 Å². The molecule has 2 aromatic carbocycles. The molecule has 0 saturated carbocycles. The van der Waals surface area contributed by atoms with Crippen LogP contribution in [0.25, 0.3) is 10.8 Å². The Bertz CT molecular complexity index is 866. The first-order valence-electron chi connectivity index (χ1n) is 8.90. The van der Waals surface area contributed by atoms with E-state index in [0.29, 0.717) is 0 Å². The molecule has 0 aromatic heterocycles. The Labute approximate surface area is 151 Å². The molecule has 0 aliphatic carbocycles. The highest BCUT2D eigenvalue weighted by molar-refractivity contribution is 5.98. The van der Waals surface area contributed by atoms with Crippen LogP contribution in [0.2, 0.25) is 0 Å². The fraction of sp³-hybridized carbons (Fsp3) is 0.400. The van der Waals surface area contributed by atoms with Crippen LogP contribution in [-0.2, 0) is 16.1 Å². The summed E-state index contributed by atoms with van der Waals surface area (Å²) >= 11 is 0. The number of aliphatic hydroxyl groups is 2. The third-order valence-corrected chi connectivity index (χ3v) is 5.34. The first-order chi connectivity index (χ1) is 12.5. The number of aliphatic hydroxyl groups excluding tert-OH is 2. The molecule has 2 aliphatic rings. The SMILES string of the molecule is CC(O)C1C(=O)N2C[C@H](O)CC2C(=O)N1Cc1ccc2ccccc2c1. The molecule has 2 fully saturated rings. The second kappa shape index (κ2) is 6.37. The Balaban J connectivity index is 1.67. The van der Waals surface area contributed by atoms with Gasteiger partial charge in [-0.25, -0.2) is 0 Å². The Morgan fingerprint density at radius 3 is 2.58 bits per heavy atom. The van der Waals surface area contributed by atoms with E-state index in [4.69, 9.17) is 0 Å². The third-order valence-electron chi connectivity index (χ3n) is 5.34. The first-order valence-corrected chi connectivity index (χ1v) is 8.90. The van der Waals surface area contributed by atoms with E-state index >= 15 is 0 Å². The molecule has 136 valence electrons. The number of rotatable bonds is 3. The zero-order chi connectivity index (χ0) is 18.4. The zero-order valence-electron chi connectivity index (χ0n) is 14.6. The molecule has 0 bridgehead atoms. The molecule has 2 aromatic rings. The number of carbonyl (C=O) groups excluding carboxylic acids is 2. The zero-order valence-corrected chi connectivity index (χ0v) is 14.6.